The van der Waals surface area contributed by atoms with E-state index in [1.54, 1.807) is 7.11 Å². The van der Waals surface area contributed by atoms with E-state index in [1.165, 1.54) is 0 Å². The minimum absolute atomic E-state index is 0.0363. The zero-order valence-electron chi connectivity index (χ0n) is 20.9. The lowest BCUT2D eigenvalue weighted by molar-refractivity contribution is -0.132. The normalized spacial score (nSPS) is 15.9. The number of aromatic nitrogens is 4. The summed E-state index contributed by atoms with van der Waals surface area (Å²) < 4.78 is 7.37. The van der Waals surface area contributed by atoms with Gasteiger partial charge in [-0.25, -0.2) is 9.38 Å². The lowest BCUT2D eigenvalue weighted by atomic mass is 10.1. The highest BCUT2D eigenvalue weighted by atomic mass is 16.5. The summed E-state index contributed by atoms with van der Waals surface area (Å²) in [4.78, 5) is 22.4. The van der Waals surface area contributed by atoms with Crippen molar-refractivity contribution in [3.05, 3.63) is 84.4 Å². The van der Waals surface area contributed by atoms with E-state index in [4.69, 9.17) is 9.72 Å². The van der Waals surface area contributed by atoms with E-state index in [9.17, 15) is 4.79 Å². The molecule has 1 atom stereocenters. The maximum absolute atomic E-state index is 13.1. The van der Waals surface area contributed by atoms with E-state index < -0.39 is 0 Å². The number of hydrogen-bond donors (Lipinski definition) is 0. The Labute approximate surface area is 215 Å². The Hall–Kier alpha value is -4.46. The second-order valence-electron chi connectivity index (χ2n) is 9.38. The maximum Gasteiger partial charge on any atom is 0.227 e. The van der Waals surface area contributed by atoms with Crippen LogP contribution in [-0.4, -0.2) is 63.2 Å². The number of hydrogen-bond acceptors (Lipinski definition) is 6. The molecular formula is C29H28N6O2. The highest BCUT2D eigenvalue weighted by Gasteiger charge is 2.30. The number of benzene rings is 3. The molecule has 186 valence electrons. The van der Waals surface area contributed by atoms with E-state index in [0.29, 0.717) is 26.1 Å². The number of nitrogens with zero attached hydrogens (tertiary/aromatic N) is 6. The third kappa shape index (κ3) is 4.24. The maximum atomic E-state index is 13.1. The van der Waals surface area contributed by atoms with Gasteiger partial charge in [0, 0.05) is 36.6 Å². The van der Waals surface area contributed by atoms with Crippen LogP contribution in [-0.2, 0) is 11.2 Å². The Morgan fingerprint density at radius 2 is 1.70 bits per heavy atom. The first kappa shape index (κ1) is 23.0. The number of ether oxygens (including phenoxy) is 1. The van der Waals surface area contributed by atoms with E-state index in [-0.39, 0.29) is 11.9 Å². The standard InChI is InChI=1S/C29H28N6O2/c1-20-19-33(16-17-34(20)26(36)18-21-8-4-3-5-9-21)29-30-25-11-7-6-10-24(25)28-32-31-27(35(28)29)22-12-14-23(37-2)15-13-22/h3-15,20H,16-19H2,1-2H3. The predicted octanol–water partition coefficient (Wildman–Crippen LogP) is 4.23. The van der Waals surface area contributed by atoms with Gasteiger partial charge >= 0.3 is 0 Å². The van der Waals surface area contributed by atoms with Gasteiger partial charge in [-0.2, -0.15) is 0 Å². The average molecular weight is 493 g/mol. The van der Waals surface area contributed by atoms with Crippen molar-refractivity contribution in [1.82, 2.24) is 24.5 Å². The Bertz CT molecular complexity index is 1560. The van der Waals surface area contributed by atoms with Crippen LogP contribution in [0, 0.1) is 0 Å². The van der Waals surface area contributed by atoms with Crippen LogP contribution in [0.1, 0.15) is 12.5 Å². The lowest BCUT2D eigenvalue weighted by Gasteiger charge is -2.40. The molecule has 3 heterocycles. The fourth-order valence-electron chi connectivity index (χ4n) is 5.09. The summed E-state index contributed by atoms with van der Waals surface area (Å²) in [7, 11) is 1.65. The summed E-state index contributed by atoms with van der Waals surface area (Å²) in [5.74, 6) is 2.44. The number of rotatable bonds is 5. The molecule has 8 heteroatoms. The number of amides is 1. The second-order valence-corrected chi connectivity index (χ2v) is 9.38. The highest BCUT2D eigenvalue weighted by Crippen LogP contribution is 2.30. The third-order valence-corrected chi connectivity index (χ3v) is 7.01. The number of methoxy groups -OCH3 is 1. The van der Waals surface area contributed by atoms with Gasteiger partial charge in [0.25, 0.3) is 0 Å². The molecule has 8 nitrogen and oxygen atoms in total. The number of para-hydroxylation sites is 1. The molecule has 0 N–H and O–H groups in total. The van der Waals surface area contributed by atoms with E-state index in [0.717, 1.165) is 45.2 Å². The molecule has 0 radical (unpaired) electrons. The number of carbonyl (C=O) groups excluding carboxylic acids is 1. The molecular weight excluding hydrogens is 464 g/mol. The first-order valence-corrected chi connectivity index (χ1v) is 12.5. The van der Waals surface area contributed by atoms with Crippen molar-refractivity contribution in [2.75, 3.05) is 31.6 Å². The number of carbonyl (C=O) groups is 1. The molecule has 0 saturated carbocycles. The van der Waals surface area contributed by atoms with Crippen LogP contribution >= 0.6 is 0 Å². The second kappa shape index (κ2) is 9.54. The molecule has 0 spiro atoms. The molecule has 1 aliphatic rings. The van der Waals surface area contributed by atoms with Crippen LogP contribution in [0.5, 0.6) is 5.75 Å². The monoisotopic (exact) mass is 492 g/mol. The van der Waals surface area contributed by atoms with Crippen molar-refractivity contribution in [3.8, 4) is 17.1 Å². The zero-order chi connectivity index (χ0) is 25.4. The Kier molecular flexibility index (Phi) is 5.92. The van der Waals surface area contributed by atoms with Crippen LogP contribution in [0.4, 0.5) is 5.95 Å². The molecule has 1 saturated heterocycles. The van der Waals surface area contributed by atoms with E-state index >= 15 is 0 Å². The molecule has 2 aromatic heterocycles. The molecule has 0 bridgehead atoms. The van der Waals surface area contributed by atoms with Crippen LogP contribution in [0.3, 0.4) is 0 Å². The van der Waals surface area contributed by atoms with Crippen LogP contribution in [0.25, 0.3) is 27.9 Å². The topological polar surface area (TPSA) is 75.9 Å². The summed E-state index contributed by atoms with van der Waals surface area (Å²) in [6.45, 7) is 4.07. The van der Waals surface area contributed by atoms with Gasteiger partial charge in [-0.15, -0.1) is 10.2 Å². The van der Waals surface area contributed by atoms with Crippen molar-refractivity contribution < 1.29 is 9.53 Å². The first-order valence-electron chi connectivity index (χ1n) is 12.5. The van der Waals surface area contributed by atoms with Gasteiger partial charge in [-0.1, -0.05) is 42.5 Å². The largest absolute Gasteiger partial charge is 0.497 e. The number of piperazine rings is 1. The zero-order valence-corrected chi connectivity index (χ0v) is 20.9. The summed E-state index contributed by atoms with van der Waals surface area (Å²) in [6.07, 6.45) is 0.413. The van der Waals surface area contributed by atoms with Crippen LogP contribution in [0.2, 0.25) is 0 Å². The average Bonchev–Trinajstić information content (AvgIpc) is 3.39. The minimum Gasteiger partial charge on any atom is -0.497 e. The summed E-state index contributed by atoms with van der Waals surface area (Å²) in [5, 5.41) is 10.1. The molecule has 37 heavy (non-hydrogen) atoms. The van der Waals surface area contributed by atoms with Gasteiger partial charge in [0.2, 0.25) is 11.9 Å². The minimum atomic E-state index is 0.0363. The van der Waals surface area contributed by atoms with Gasteiger partial charge in [-0.3, -0.25) is 4.79 Å². The van der Waals surface area contributed by atoms with Gasteiger partial charge in [0.1, 0.15) is 5.75 Å². The summed E-state index contributed by atoms with van der Waals surface area (Å²) in [6, 6.07) is 25.8. The summed E-state index contributed by atoms with van der Waals surface area (Å²) in [5.41, 5.74) is 3.60. The molecule has 6 rings (SSSR count). The van der Waals surface area contributed by atoms with Crippen LogP contribution < -0.4 is 9.64 Å². The van der Waals surface area contributed by atoms with Crippen molar-refractivity contribution in [2.45, 2.75) is 19.4 Å². The molecule has 1 amide bonds. The van der Waals surface area contributed by atoms with Gasteiger partial charge in [0.05, 0.1) is 19.0 Å². The Morgan fingerprint density at radius 1 is 0.946 bits per heavy atom. The van der Waals surface area contributed by atoms with Crippen molar-refractivity contribution in [3.63, 3.8) is 0 Å². The number of fused-ring (bicyclic) bond motifs is 3. The Morgan fingerprint density at radius 3 is 2.46 bits per heavy atom. The predicted molar refractivity (Wildman–Crippen MR) is 144 cm³/mol. The van der Waals surface area contributed by atoms with Gasteiger partial charge < -0.3 is 14.5 Å². The summed E-state index contributed by atoms with van der Waals surface area (Å²) >= 11 is 0. The van der Waals surface area contributed by atoms with Crippen molar-refractivity contribution >= 4 is 28.4 Å². The fourth-order valence-corrected chi connectivity index (χ4v) is 5.09. The molecule has 1 aliphatic heterocycles. The fraction of sp³-hybridized carbons (Fsp3) is 0.241. The van der Waals surface area contributed by atoms with Gasteiger partial charge in [0.15, 0.2) is 11.5 Å². The SMILES string of the molecule is COc1ccc(-c2nnc3c4ccccc4nc(N4CCN(C(=O)Cc5ccccc5)C(C)C4)n23)cc1. The van der Waals surface area contributed by atoms with Crippen molar-refractivity contribution in [2.24, 2.45) is 0 Å². The van der Waals surface area contributed by atoms with E-state index in [1.807, 2.05) is 88.2 Å². The highest BCUT2D eigenvalue weighted by molar-refractivity contribution is 5.93. The molecule has 3 aromatic carbocycles. The lowest BCUT2D eigenvalue weighted by Crippen LogP contribution is -2.55. The molecule has 1 fully saturated rings. The molecule has 5 aromatic rings. The van der Waals surface area contributed by atoms with Crippen LogP contribution in [0.15, 0.2) is 78.9 Å². The van der Waals surface area contributed by atoms with E-state index in [2.05, 4.69) is 22.0 Å². The third-order valence-electron chi connectivity index (χ3n) is 7.01. The first-order chi connectivity index (χ1) is 18.1. The Balaban J connectivity index is 1.36. The number of anilines is 1. The van der Waals surface area contributed by atoms with Crippen molar-refractivity contribution in [1.29, 1.82) is 0 Å². The smallest absolute Gasteiger partial charge is 0.227 e. The quantitative estimate of drug-likeness (QED) is 0.366. The molecule has 1 unspecified atom stereocenters. The van der Waals surface area contributed by atoms with Gasteiger partial charge in [-0.05, 0) is 48.9 Å². The molecule has 0 aliphatic carbocycles.